The summed E-state index contributed by atoms with van der Waals surface area (Å²) >= 11 is 0. The lowest BCUT2D eigenvalue weighted by Crippen LogP contribution is -2.54. The number of nitrogens with one attached hydrogen (secondary N) is 2. The van der Waals surface area contributed by atoms with Gasteiger partial charge >= 0.3 is 0 Å². The number of carbonyl (C=O) groups excluding carboxylic acids is 2. The first-order valence-corrected chi connectivity index (χ1v) is 6.35. The molecule has 0 aromatic carbocycles. The van der Waals surface area contributed by atoms with E-state index in [1.807, 2.05) is 0 Å². The second-order valence-corrected chi connectivity index (χ2v) is 5.42. The fraction of sp³-hybridized carbons (Fsp3) is 0.833. The van der Waals surface area contributed by atoms with E-state index in [1.54, 1.807) is 20.9 Å². The third-order valence-corrected chi connectivity index (χ3v) is 3.15. The third kappa shape index (κ3) is 4.62. The van der Waals surface area contributed by atoms with Crippen molar-refractivity contribution in [2.45, 2.75) is 38.3 Å². The first kappa shape index (κ1) is 14.9. The summed E-state index contributed by atoms with van der Waals surface area (Å²) in [4.78, 5) is 25.0. The van der Waals surface area contributed by atoms with Gasteiger partial charge in [-0.05, 0) is 26.7 Å². The van der Waals surface area contributed by atoms with E-state index in [0.29, 0.717) is 6.54 Å². The zero-order chi connectivity index (χ0) is 13.8. The highest BCUT2D eigenvalue weighted by molar-refractivity contribution is 5.85. The molecule has 0 aromatic rings. The molecule has 6 heteroatoms. The number of hydrogen-bond acceptors (Lipinski definition) is 4. The molecule has 0 atom stereocenters. The molecule has 0 radical (unpaired) electrons. The molecule has 1 aliphatic heterocycles. The molecule has 4 N–H and O–H groups in total. The van der Waals surface area contributed by atoms with Crippen molar-refractivity contribution in [3.63, 3.8) is 0 Å². The maximum absolute atomic E-state index is 11.7. The SMILES string of the molecule is CNC(=O)CN1CCC(NC(=O)C(C)(C)N)CC1. The second-order valence-electron chi connectivity index (χ2n) is 5.42. The molecule has 1 aliphatic rings. The number of piperidine rings is 1. The van der Waals surface area contributed by atoms with Crippen LogP contribution in [0.15, 0.2) is 0 Å². The zero-order valence-corrected chi connectivity index (χ0v) is 11.5. The van der Waals surface area contributed by atoms with Gasteiger partial charge in [-0.3, -0.25) is 14.5 Å². The summed E-state index contributed by atoms with van der Waals surface area (Å²) in [6.45, 7) is 5.47. The largest absolute Gasteiger partial charge is 0.358 e. The van der Waals surface area contributed by atoms with Crippen molar-refractivity contribution in [2.75, 3.05) is 26.7 Å². The van der Waals surface area contributed by atoms with E-state index in [-0.39, 0.29) is 17.9 Å². The van der Waals surface area contributed by atoms with E-state index in [1.165, 1.54) is 0 Å². The van der Waals surface area contributed by atoms with Crippen molar-refractivity contribution in [1.82, 2.24) is 15.5 Å². The number of carbonyl (C=O) groups is 2. The first-order valence-electron chi connectivity index (χ1n) is 6.35. The van der Waals surface area contributed by atoms with Crippen LogP contribution in [0.1, 0.15) is 26.7 Å². The monoisotopic (exact) mass is 256 g/mol. The van der Waals surface area contributed by atoms with Crippen LogP contribution in [0.2, 0.25) is 0 Å². The van der Waals surface area contributed by atoms with E-state index in [2.05, 4.69) is 15.5 Å². The van der Waals surface area contributed by atoms with Crippen LogP contribution in [0.5, 0.6) is 0 Å². The molecule has 1 saturated heterocycles. The van der Waals surface area contributed by atoms with Gasteiger partial charge < -0.3 is 16.4 Å². The number of nitrogens with zero attached hydrogens (tertiary/aromatic N) is 1. The van der Waals surface area contributed by atoms with E-state index in [4.69, 9.17) is 5.73 Å². The average Bonchev–Trinajstić information content (AvgIpc) is 2.30. The van der Waals surface area contributed by atoms with Crippen molar-refractivity contribution in [3.05, 3.63) is 0 Å². The number of rotatable bonds is 4. The normalized spacial score (nSPS) is 18.4. The van der Waals surface area contributed by atoms with Gasteiger partial charge in [0.2, 0.25) is 11.8 Å². The smallest absolute Gasteiger partial charge is 0.239 e. The maximum Gasteiger partial charge on any atom is 0.239 e. The van der Waals surface area contributed by atoms with Gasteiger partial charge in [-0.1, -0.05) is 0 Å². The number of hydrogen-bond donors (Lipinski definition) is 3. The molecule has 0 aromatic heterocycles. The topological polar surface area (TPSA) is 87.5 Å². The lowest BCUT2D eigenvalue weighted by Gasteiger charge is -2.33. The Morgan fingerprint density at radius 3 is 2.33 bits per heavy atom. The second kappa shape index (κ2) is 6.15. The fourth-order valence-electron chi connectivity index (χ4n) is 1.89. The Balaban J connectivity index is 2.32. The van der Waals surface area contributed by atoms with Crippen LogP contribution in [0.25, 0.3) is 0 Å². The Kier molecular flexibility index (Phi) is 5.10. The summed E-state index contributed by atoms with van der Waals surface area (Å²) in [7, 11) is 1.64. The van der Waals surface area contributed by atoms with Gasteiger partial charge in [0.1, 0.15) is 0 Å². The average molecular weight is 256 g/mol. The Hall–Kier alpha value is -1.14. The molecule has 1 heterocycles. The van der Waals surface area contributed by atoms with Gasteiger partial charge in [0, 0.05) is 26.2 Å². The van der Waals surface area contributed by atoms with Crippen LogP contribution in [0, 0.1) is 0 Å². The van der Waals surface area contributed by atoms with Crippen molar-refractivity contribution in [3.8, 4) is 0 Å². The highest BCUT2D eigenvalue weighted by atomic mass is 16.2. The van der Waals surface area contributed by atoms with E-state index in [9.17, 15) is 9.59 Å². The first-order chi connectivity index (χ1) is 8.32. The lowest BCUT2D eigenvalue weighted by molar-refractivity contribution is -0.127. The van der Waals surface area contributed by atoms with E-state index < -0.39 is 5.54 Å². The van der Waals surface area contributed by atoms with Gasteiger partial charge in [0.15, 0.2) is 0 Å². The number of likely N-dealkylation sites (tertiary alicyclic amines) is 1. The predicted octanol–water partition coefficient (Wildman–Crippen LogP) is -0.950. The van der Waals surface area contributed by atoms with Crippen molar-refractivity contribution in [2.24, 2.45) is 5.73 Å². The van der Waals surface area contributed by atoms with E-state index >= 15 is 0 Å². The lowest BCUT2D eigenvalue weighted by atomic mass is 10.0. The minimum Gasteiger partial charge on any atom is -0.358 e. The summed E-state index contributed by atoms with van der Waals surface area (Å²) in [5.74, 6) is -0.0900. The minimum absolute atomic E-state index is 0.0283. The Labute approximate surface area is 108 Å². The minimum atomic E-state index is -0.834. The highest BCUT2D eigenvalue weighted by Gasteiger charge is 2.27. The highest BCUT2D eigenvalue weighted by Crippen LogP contribution is 2.11. The molecule has 0 saturated carbocycles. The summed E-state index contributed by atoms with van der Waals surface area (Å²) in [5.41, 5.74) is 4.90. The summed E-state index contributed by atoms with van der Waals surface area (Å²) in [6.07, 6.45) is 1.72. The molecular formula is C12H24N4O2. The van der Waals surface area contributed by atoms with Crippen LogP contribution < -0.4 is 16.4 Å². The molecule has 0 spiro atoms. The summed E-state index contributed by atoms with van der Waals surface area (Å²) in [6, 6.07) is 0.168. The standard InChI is InChI=1S/C12H24N4O2/c1-12(2,13)11(18)15-9-4-6-16(7-5-9)8-10(17)14-3/h9H,4-8,13H2,1-3H3,(H,14,17)(H,15,18). The van der Waals surface area contributed by atoms with Gasteiger partial charge in [-0.15, -0.1) is 0 Å². The van der Waals surface area contributed by atoms with Gasteiger partial charge in [0.25, 0.3) is 0 Å². The fourth-order valence-corrected chi connectivity index (χ4v) is 1.89. The van der Waals surface area contributed by atoms with E-state index in [0.717, 1.165) is 25.9 Å². The quantitative estimate of drug-likeness (QED) is 0.605. The third-order valence-electron chi connectivity index (χ3n) is 3.15. The van der Waals surface area contributed by atoms with Crippen molar-refractivity contribution < 1.29 is 9.59 Å². The van der Waals surface area contributed by atoms with Gasteiger partial charge in [-0.2, -0.15) is 0 Å². The van der Waals surface area contributed by atoms with Crippen LogP contribution >= 0.6 is 0 Å². The van der Waals surface area contributed by atoms with Crippen LogP contribution in [0.4, 0.5) is 0 Å². The molecule has 0 aliphatic carbocycles. The molecule has 6 nitrogen and oxygen atoms in total. The molecule has 104 valence electrons. The zero-order valence-electron chi connectivity index (χ0n) is 11.5. The Morgan fingerprint density at radius 2 is 1.89 bits per heavy atom. The maximum atomic E-state index is 11.7. The number of likely N-dealkylation sites (N-methyl/N-ethyl adjacent to an activating group) is 1. The molecule has 0 bridgehead atoms. The molecule has 0 unspecified atom stereocenters. The van der Waals surface area contributed by atoms with Crippen LogP contribution in [-0.2, 0) is 9.59 Å². The van der Waals surface area contributed by atoms with Crippen molar-refractivity contribution in [1.29, 1.82) is 0 Å². The van der Waals surface area contributed by atoms with Gasteiger partial charge in [0.05, 0.1) is 12.1 Å². The molecule has 18 heavy (non-hydrogen) atoms. The summed E-state index contributed by atoms with van der Waals surface area (Å²) < 4.78 is 0. The Bertz CT molecular complexity index is 304. The predicted molar refractivity (Wildman–Crippen MR) is 69.9 cm³/mol. The van der Waals surface area contributed by atoms with Gasteiger partial charge in [-0.25, -0.2) is 0 Å². The summed E-state index contributed by atoms with van der Waals surface area (Å²) in [5, 5.41) is 5.56. The molecular weight excluding hydrogens is 232 g/mol. The molecule has 2 amide bonds. The van der Waals surface area contributed by atoms with Crippen LogP contribution in [0.3, 0.4) is 0 Å². The van der Waals surface area contributed by atoms with Crippen molar-refractivity contribution >= 4 is 11.8 Å². The number of amides is 2. The molecule has 1 fully saturated rings. The van der Waals surface area contributed by atoms with Crippen LogP contribution in [-0.4, -0.2) is 55.0 Å². The molecule has 1 rings (SSSR count). The number of nitrogens with two attached hydrogens (primary N) is 1. The Morgan fingerprint density at radius 1 is 1.33 bits per heavy atom.